The monoisotopic (exact) mass is 279 g/mol. The molecule has 0 fully saturated rings. The summed E-state index contributed by atoms with van der Waals surface area (Å²) < 4.78 is 13.7. The van der Waals surface area contributed by atoms with E-state index in [9.17, 15) is 4.39 Å². The van der Waals surface area contributed by atoms with E-state index in [0.29, 0.717) is 10.7 Å². The molecule has 1 aliphatic heterocycles. The number of halogens is 2. The first-order valence-electron chi connectivity index (χ1n) is 5.68. The maximum atomic E-state index is 13.7. The first kappa shape index (κ1) is 11.9. The number of hydrogen-bond donors (Lipinski definition) is 1. The molecule has 3 rings (SSSR count). The molecule has 18 heavy (non-hydrogen) atoms. The molecule has 92 valence electrons. The summed E-state index contributed by atoms with van der Waals surface area (Å²) in [7, 11) is 0. The number of rotatable bonds is 2. The summed E-state index contributed by atoms with van der Waals surface area (Å²) in [6.07, 6.45) is 0. The number of hydrogen-bond acceptors (Lipinski definition) is 2. The van der Waals surface area contributed by atoms with Gasteiger partial charge >= 0.3 is 0 Å². The van der Waals surface area contributed by atoms with Gasteiger partial charge in [0, 0.05) is 10.6 Å². The van der Waals surface area contributed by atoms with Gasteiger partial charge < -0.3 is 5.32 Å². The summed E-state index contributed by atoms with van der Waals surface area (Å²) in [5, 5.41) is 3.63. The van der Waals surface area contributed by atoms with E-state index < -0.39 is 0 Å². The fraction of sp³-hybridized carbons (Fsp3) is 0.143. The molecule has 1 atom stereocenters. The molecule has 0 amide bonds. The SMILES string of the molecule is Fc1cccc(Cl)c1NC1CSc2ccccc21. The van der Waals surface area contributed by atoms with Crippen LogP contribution in [-0.4, -0.2) is 5.75 Å². The maximum Gasteiger partial charge on any atom is 0.147 e. The highest BCUT2D eigenvalue weighted by Crippen LogP contribution is 2.40. The molecule has 1 aliphatic rings. The van der Waals surface area contributed by atoms with E-state index in [2.05, 4.69) is 17.4 Å². The van der Waals surface area contributed by atoms with Crippen molar-refractivity contribution in [3.63, 3.8) is 0 Å². The lowest BCUT2D eigenvalue weighted by Gasteiger charge is -2.16. The topological polar surface area (TPSA) is 12.0 Å². The zero-order chi connectivity index (χ0) is 12.5. The van der Waals surface area contributed by atoms with Crippen LogP contribution >= 0.6 is 23.4 Å². The normalized spacial score (nSPS) is 17.6. The fourth-order valence-corrected chi connectivity index (χ4v) is 3.47. The van der Waals surface area contributed by atoms with Crippen LogP contribution in [0.5, 0.6) is 0 Å². The van der Waals surface area contributed by atoms with Crippen molar-refractivity contribution >= 4 is 29.1 Å². The minimum Gasteiger partial charge on any atom is -0.374 e. The Labute approximate surface area is 114 Å². The van der Waals surface area contributed by atoms with Crippen molar-refractivity contribution in [2.24, 2.45) is 0 Å². The standard InChI is InChI=1S/C14H11ClFNS/c15-10-5-3-6-11(16)14(10)17-12-8-18-13-7-2-1-4-9(12)13/h1-7,12,17H,8H2. The number of benzene rings is 2. The molecule has 1 N–H and O–H groups in total. The van der Waals surface area contributed by atoms with Gasteiger partial charge in [-0.15, -0.1) is 11.8 Å². The van der Waals surface area contributed by atoms with Gasteiger partial charge in [-0.25, -0.2) is 4.39 Å². The molecular weight excluding hydrogens is 269 g/mol. The van der Waals surface area contributed by atoms with Crippen LogP contribution < -0.4 is 5.32 Å². The van der Waals surface area contributed by atoms with Crippen molar-refractivity contribution in [3.05, 3.63) is 58.9 Å². The van der Waals surface area contributed by atoms with Gasteiger partial charge in [-0.2, -0.15) is 0 Å². The van der Waals surface area contributed by atoms with Crippen LogP contribution in [0.2, 0.25) is 5.02 Å². The molecule has 2 aromatic rings. The number of nitrogens with one attached hydrogen (secondary N) is 1. The second-order valence-electron chi connectivity index (χ2n) is 4.14. The minimum absolute atomic E-state index is 0.112. The number of fused-ring (bicyclic) bond motifs is 1. The Balaban J connectivity index is 1.91. The Morgan fingerprint density at radius 3 is 2.83 bits per heavy atom. The molecule has 0 saturated carbocycles. The van der Waals surface area contributed by atoms with Gasteiger partial charge in [0.05, 0.1) is 16.8 Å². The first-order valence-corrected chi connectivity index (χ1v) is 7.04. The maximum absolute atomic E-state index is 13.7. The zero-order valence-corrected chi connectivity index (χ0v) is 11.1. The van der Waals surface area contributed by atoms with Crippen LogP contribution in [0, 0.1) is 5.82 Å². The Bertz CT molecular complexity index is 568. The van der Waals surface area contributed by atoms with Crippen LogP contribution in [0.1, 0.15) is 11.6 Å². The van der Waals surface area contributed by atoms with Gasteiger partial charge in [0.25, 0.3) is 0 Å². The third-order valence-corrected chi connectivity index (χ3v) is 4.48. The van der Waals surface area contributed by atoms with Gasteiger partial charge in [0.1, 0.15) is 5.82 Å². The number of para-hydroxylation sites is 1. The van der Waals surface area contributed by atoms with Gasteiger partial charge in [0.15, 0.2) is 0 Å². The Hall–Kier alpha value is -1.19. The third-order valence-electron chi connectivity index (χ3n) is 2.98. The van der Waals surface area contributed by atoms with Crippen molar-refractivity contribution in [2.75, 3.05) is 11.1 Å². The van der Waals surface area contributed by atoms with Gasteiger partial charge in [-0.05, 0) is 23.8 Å². The summed E-state index contributed by atoms with van der Waals surface area (Å²) in [5.41, 5.74) is 1.60. The third kappa shape index (κ3) is 2.08. The molecular formula is C14H11ClFNS. The van der Waals surface area contributed by atoms with Crippen LogP contribution in [0.3, 0.4) is 0 Å². The summed E-state index contributed by atoms with van der Waals surface area (Å²) in [6, 6.07) is 13.0. The van der Waals surface area contributed by atoms with Crippen molar-refractivity contribution in [3.8, 4) is 0 Å². The smallest absolute Gasteiger partial charge is 0.147 e. The van der Waals surface area contributed by atoms with E-state index in [1.165, 1.54) is 16.5 Å². The molecule has 0 radical (unpaired) electrons. The molecule has 0 bridgehead atoms. The summed E-state index contributed by atoms with van der Waals surface area (Å²) in [6.45, 7) is 0. The lowest BCUT2D eigenvalue weighted by atomic mass is 10.1. The lowest BCUT2D eigenvalue weighted by Crippen LogP contribution is -2.11. The molecule has 1 heterocycles. The van der Waals surface area contributed by atoms with E-state index in [4.69, 9.17) is 11.6 Å². The fourth-order valence-electron chi connectivity index (χ4n) is 2.09. The van der Waals surface area contributed by atoms with Gasteiger partial charge in [-0.1, -0.05) is 35.9 Å². The van der Waals surface area contributed by atoms with E-state index >= 15 is 0 Å². The van der Waals surface area contributed by atoms with E-state index in [1.807, 2.05) is 12.1 Å². The second-order valence-corrected chi connectivity index (χ2v) is 5.61. The predicted molar refractivity (Wildman–Crippen MR) is 74.9 cm³/mol. The van der Waals surface area contributed by atoms with E-state index in [1.54, 1.807) is 23.9 Å². The minimum atomic E-state index is -0.308. The summed E-state index contributed by atoms with van der Waals surface area (Å²) >= 11 is 7.80. The molecule has 4 heteroatoms. The average Bonchev–Trinajstić information content (AvgIpc) is 2.77. The van der Waals surface area contributed by atoms with Crippen molar-refractivity contribution in [1.29, 1.82) is 0 Å². The quantitative estimate of drug-likeness (QED) is 0.852. The largest absolute Gasteiger partial charge is 0.374 e. The number of thioether (sulfide) groups is 1. The molecule has 0 saturated heterocycles. The molecule has 0 aromatic heterocycles. The number of anilines is 1. The molecule has 1 nitrogen and oxygen atoms in total. The summed E-state index contributed by atoms with van der Waals surface area (Å²) in [4.78, 5) is 1.25. The van der Waals surface area contributed by atoms with Crippen LogP contribution in [0.4, 0.5) is 10.1 Å². The van der Waals surface area contributed by atoms with Crippen LogP contribution in [0.25, 0.3) is 0 Å². The highest BCUT2D eigenvalue weighted by atomic mass is 35.5. The molecule has 1 unspecified atom stereocenters. The van der Waals surface area contributed by atoms with Crippen LogP contribution in [-0.2, 0) is 0 Å². The Kier molecular flexibility index (Phi) is 3.18. The van der Waals surface area contributed by atoms with Gasteiger partial charge in [-0.3, -0.25) is 0 Å². The zero-order valence-electron chi connectivity index (χ0n) is 9.49. The van der Waals surface area contributed by atoms with Gasteiger partial charge in [0.2, 0.25) is 0 Å². The van der Waals surface area contributed by atoms with Crippen LogP contribution in [0.15, 0.2) is 47.4 Å². The highest BCUT2D eigenvalue weighted by molar-refractivity contribution is 7.99. The Morgan fingerprint density at radius 1 is 1.17 bits per heavy atom. The van der Waals surface area contributed by atoms with E-state index in [0.717, 1.165) is 5.75 Å². The summed E-state index contributed by atoms with van der Waals surface area (Å²) in [5.74, 6) is 0.584. The predicted octanol–water partition coefficient (Wildman–Crippen LogP) is 4.74. The Morgan fingerprint density at radius 2 is 2.00 bits per heavy atom. The van der Waals surface area contributed by atoms with Crippen molar-refractivity contribution < 1.29 is 4.39 Å². The second kappa shape index (κ2) is 4.82. The highest BCUT2D eigenvalue weighted by Gasteiger charge is 2.23. The average molecular weight is 280 g/mol. The molecule has 0 aliphatic carbocycles. The molecule has 0 spiro atoms. The van der Waals surface area contributed by atoms with E-state index in [-0.39, 0.29) is 11.9 Å². The van der Waals surface area contributed by atoms with Crippen molar-refractivity contribution in [2.45, 2.75) is 10.9 Å². The molecule has 2 aromatic carbocycles. The first-order chi connectivity index (χ1) is 8.75. The lowest BCUT2D eigenvalue weighted by molar-refractivity contribution is 0.628. The van der Waals surface area contributed by atoms with Crippen molar-refractivity contribution in [1.82, 2.24) is 0 Å².